The third kappa shape index (κ3) is 14.9. The van der Waals surface area contributed by atoms with Crippen LogP contribution in [0.15, 0.2) is 84.9 Å². The molecule has 0 saturated heterocycles. The molecule has 107 heavy (non-hydrogen) atoms. The second-order valence-corrected chi connectivity index (χ2v) is 27.6. The molecule has 4 aliphatic rings. The van der Waals surface area contributed by atoms with Gasteiger partial charge in [-0.1, -0.05) is 24.0 Å². The van der Waals surface area contributed by atoms with E-state index in [-0.39, 0.29) is 71.0 Å². The Morgan fingerprint density at radius 2 is 0.972 bits per heavy atom. The maximum absolute atomic E-state index is 15.3. The summed E-state index contributed by atoms with van der Waals surface area (Å²) in [5.41, 5.74) is 18.6. The van der Waals surface area contributed by atoms with Crippen LogP contribution in [0.2, 0.25) is 0 Å². The summed E-state index contributed by atoms with van der Waals surface area (Å²) in [6.45, 7) is 4.44. The lowest BCUT2D eigenvalue weighted by Gasteiger charge is -2.21. The molecule has 20 nitrogen and oxygen atoms in total. The number of pyridine rings is 2. The van der Waals surface area contributed by atoms with Crippen LogP contribution < -0.4 is 17.2 Å². The highest BCUT2D eigenvalue weighted by Crippen LogP contribution is 2.69. The number of halogens is 12. The molecule has 0 radical (unpaired) electrons. The fourth-order valence-corrected chi connectivity index (χ4v) is 14.2. The highest BCUT2D eigenvalue weighted by Gasteiger charge is 2.68. The number of aliphatic hydroxyl groups is 2. The van der Waals surface area contributed by atoms with E-state index in [4.69, 9.17) is 27.3 Å². The molecule has 0 aliphatic heterocycles. The molecule has 6 heterocycles. The van der Waals surface area contributed by atoms with Gasteiger partial charge in [-0.2, -0.15) is 48.5 Å². The van der Waals surface area contributed by atoms with Crippen LogP contribution in [0.3, 0.4) is 0 Å². The molecular formula is C75H63F12N15O5. The number of nitriles is 2. The third-order valence-corrected chi connectivity index (χ3v) is 18.6. The molecule has 0 unspecified atom stereocenters. The molecule has 2 fully saturated rings. The number of aryl methyl sites for hydroxylation is 2. The predicted molar refractivity (Wildman–Crippen MR) is 363 cm³/mol. The number of rotatable bonds is 16. The highest BCUT2D eigenvalue weighted by molar-refractivity contribution is 6.04. The van der Waals surface area contributed by atoms with Gasteiger partial charge in [0.1, 0.15) is 81.7 Å². The summed E-state index contributed by atoms with van der Waals surface area (Å²) in [7, 11) is 3.33. The van der Waals surface area contributed by atoms with Gasteiger partial charge in [0.2, 0.25) is 0 Å². The van der Waals surface area contributed by atoms with Crippen LogP contribution in [0.25, 0.3) is 44.1 Å². The number of Topliss-reactive ketones (excluding diaryl/α,β-unsaturated/α-hetero) is 1. The van der Waals surface area contributed by atoms with Gasteiger partial charge in [0, 0.05) is 83.8 Å². The number of nitrogens with zero attached hydrogens (tertiary/aromatic N) is 12. The largest absolute Gasteiger partial charge is 0.480 e. The lowest BCUT2D eigenvalue weighted by atomic mass is 9.86. The van der Waals surface area contributed by atoms with Gasteiger partial charge in [-0.3, -0.25) is 28.3 Å². The van der Waals surface area contributed by atoms with Crippen LogP contribution in [0.5, 0.6) is 0 Å². The molecule has 4 aliphatic carbocycles. The number of carbonyl (C=O) groups is 2. The molecule has 0 amide bonds. The number of carbonyl (C=O) groups excluding carboxylic acids is 1. The minimum Gasteiger partial charge on any atom is -0.480 e. The summed E-state index contributed by atoms with van der Waals surface area (Å²) in [6.07, 6.45) is -6.42. The minimum atomic E-state index is -3.45. The Bertz CT molecular complexity index is 5480. The molecule has 14 rings (SSSR count). The number of nitrogen functional groups attached to an aromatic ring is 2. The van der Waals surface area contributed by atoms with Crippen molar-refractivity contribution < 1.29 is 77.6 Å². The first-order chi connectivity index (χ1) is 50.3. The number of alkyl halides is 8. The van der Waals surface area contributed by atoms with E-state index < -0.39 is 149 Å². The molecule has 9 N–H and O–H groups in total. The topological polar surface area (TPSA) is 318 Å². The van der Waals surface area contributed by atoms with E-state index in [9.17, 15) is 74.2 Å². The number of fused-ring (bicyclic) bond motifs is 8. The number of aliphatic carboxylic acids is 1. The van der Waals surface area contributed by atoms with Gasteiger partial charge in [-0.15, -0.1) is 0 Å². The standard InChI is InChI=1S/C38H31F6N7O2.C27H24F2N6O.C10H8F4N2O2/c1-37(2,53)9-8-23-5-7-25(26-6-4-19(16-45)29-33(26)50(3)49-36(29)46)31(47-23)20(10-18-11-21(39)14-22(40)12-18)13-24(52)17-51-34-30(32(48-51)35(41)42)27-15-28(27)38(34,43)44;1-27(2,36)9-8-19-5-7-20(21-6-4-16(14-30)23-25(21)35(3)34-26(23)32)24(33-19)22(31)12-15-10-17(28)13-18(29)11-15;11-9(12)7-6-3-1-4(3)10(13,14)8(6)16(15-7)2-5(17)18/h4-7,11-12,14,20,27-28,35,53H,10,13,15,17H2,1-3H3,(H2,46,49);4-7,10-11,13,22,36H,12,31H2,1-3H3,(H2,32,34);3-4,9H,1-2H2,(H,17,18)/t20-,27+,28-;22-;3-,4+/m100/s1. The van der Waals surface area contributed by atoms with E-state index in [1.807, 2.05) is 0 Å². The van der Waals surface area contributed by atoms with Gasteiger partial charge in [0.05, 0.1) is 62.5 Å². The normalized spacial score (nSPS) is 17.4. The van der Waals surface area contributed by atoms with Crippen LogP contribution in [-0.4, -0.2) is 87.4 Å². The SMILES string of the molecule is Cn1nc(N)c2c(C#N)ccc(-c3ccc(C#CC(C)(C)O)nc3[C@@H](CC(=O)Cn3nc(C(F)F)c4c3C(F)(F)[C@@H]3C[C@H]43)Cc3cc(F)cc(F)c3)c21.Cn1nc(N)c2c(C#N)ccc(-c3ccc(C#CC(C)(C)O)nc3[C@@H](N)Cc3cc(F)cc(F)c3)c21.O=C(O)Cn1nc(C(F)F)c2c1C(F)(F)[C@@H]1C[C@H]21. The monoisotopic (exact) mass is 1480 g/mol. The van der Waals surface area contributed by atoms with Gasteiger partial charge in [0.25, 0.3) is 24.7 Å². The van der Waals surface area contributed by atoms with Crippen molar-refractivity contribution in [2.75, 3.05) is 11.5 Å². The first-order valence-electron chi connectivity index (χ1n) is 33.0. The van der Waals surface area contributed by atoms with E-state index in [2.05, 4.69) is 61.2 Å². The number of carboxylic acid groups (broad SMARTS) is 1. The van der Waals surface area contributed by atoms with E-state index >= 15 is 8.78 Å². The summed E-state index contributed by atoms with van der Waals surface area (Å²) in [4.78, 5) is 33.9. The molecule has 6 aromatic heterocycles. The molecule has 552 valence electrons. The molecule has 32 heteroatoms. The fourth-order valence-electron chi connectivity index (χ4n) is 14.2. The Morgan fingerprint density at radius 3 is 1.37 bits per heavy atom. The van der Waals surface area contributed by atoms with E-state index in [0.717, 1.165) is 18.2 Å². The molecular weight excluding hydrogens is 1420 g/mol. The van der Waals surface area contributed by atoms with Crippen molar-refractivity contribution in [2.24, 2.45) is 31.7 Å². The molecule has 4 aromatic carbocycles. The van der Waals surface area contributed by atoms with Gasteiger partial charge in [-0.05, 0) is 149 Å². The minimum absolute atomic E-state index is 0.0533. The molecule has 0 bridgehead atoms. The summed E-state index contributed by atoms with van der Waals surface area (Å²) in [5.74, 6) is -5.07. The summed E-state index contributed by atoms with van der Waals surface area (Å²) >= 11 is 0. The molecule has 10 aromatic rings. The number of hydrogen-bond donors (Lipinski definition) is 6. The van der Waals surface area contributed by atoms with Crippen molar-refractivity contribution in [2.45, 2.75) is 133 Å². The third-order valence-electron chi connectivity index (χ3n) is 18.6. The van der Waals surface area contributed by atoms with Crippen molar-refractivity contribution in [3.05, 3.63) is 187 Å². The lowest BCUT2D eigenvalue weighted by Crippen LogP contribution is -2.24. The second-order valence-electron chi connectivity index (χ2n) is 27.6. The highest BCUT2D eigenvalue weighted by atomic mass is 19.3. The van der Waals surface area contributed by atoms with Crippen molar-refractivity contribution in [1.82, 2.24) is 49.1 Å². The van der Waals surface area contributed by atoms with Crippen LogP contribution in [0.4, 0.5) is 64.3 Å². The number of anilines is 2. The summed E-state index contributed by atoms with van der Waals surface area (Å²) < 4.78 is 173. The summed E-state index contributed by atoms with van der Waals surface area (Å²) in [5, 5.41) is 64.8. The van der Waals surface area contributed by atoms with Crippen LogP contribution in [0.1, 0.15) is 163 Å². The maximum Gasteiger partial charge on any atom is 0.325 e. The number of benzene rings is 4. The Morgan fingerprint density at radius 1 is 0.579 bits per heavy atom. The van der Waals surface area contributed by atoms with Crippen molar-refractivity contribution in [3.63, 3.8) is 0 Å². The zero-order valence-electron chi connectivity index (χ0n) is 57.4. The Labute approximate surface area is 601 Å². The van der Waals surface area contributed by atoms with Crippen molar-refractivity contribution in [3.8, 4) is 58.1 Å². The Kier molecular flexibility index (Phi) is 19.7. The number of nitrogens with two attached hydrogens (primary N) is 3. The number of hydrogen-bond acceptors (Lipinski definition) is 15. The second kappa shape index (κ2) is 28.0. The summed E-state index contributed by atoms with van der Waals surface area (Å²) in [6, 6.07) is 22.8. The zero-order valence-corrected chi connectivity index (χ0v) is 57.4. The molecule has 6 atom stereocenters. The average Bonchev–Trinajstić information content (AvgIpc) is 1.52. The van der Waals surface area contributed by atoms with Crippen LogP contribution in [0, 0.1) is 81.4 Å². The molecule has 0 spiro atoms. The average molecular weight is 1480 g/mol. The van der Waals surface area contributed by atoms with Gasteiger partial charge >= 0.3 is 5.97 Å². The molecule has 2 saturated carbocycles. The maximum atomic E-state index is 15.3. The Balaban J connectivity index is 0.000000169. The predicted octanol–water partition coefficient (Wildman–Crippen LogP) is 12.7. The number of aromatic nitrogens is 10. The number of ketones is 1. The van der Waals surface area contributed by atoms with Gasteiger partial charge < -0.3 is 32.5 Å². The number of carboxylic acids is 1. The van der Waals surface area contributed by atoms with E-state index in [1.165, 1.54) is 36.7 Å². The quantitative estimate of drug-likeness (QED) is 0.0387. The van der Waals surface area contributed by atoms with Crippen LogP contribution >= 0.6 is 0 Å². The van der Waals surface area contributed by atoms with Gasteiger partial charge in [-0.25, -0.2) is 45.1 Å². The first kappa shape index (κ1) is 75.1. The fraction of sp³-hybridized carbons (Fsp3) is 0.333. The van der Waals surface area contributed by atoms with Crippen LogP contribution in [-0.2, 0) is 61.5 Å². The lowest BCUT2D eigenvalue weighted by molar-refractivity contribution is -0.138. The smallest absolute Gasteiger partial charge is 0.325 e. The van der Waals surface area contributed by atoms with E-state index in [0.29, 0.717) is 82.0 Å². The van der Waals surface area contributed by atoms with Gasteiger partial charge in [0.15, 0.2) is 17.4 Å². The Hall–Kier alpha value is -11.6. The zero-order chi connectivity index (χ0) is 77.6. The van der Waals surface area contributed by atoms with E-state index in [1.54, 1.807) is 75.1 Å². The first-order valence-corrected chi connectivity index (χ1v) is 33.0. The van der Waals surface area contributed by atoms with Crippen molar-refractivity contribution >= 4 is 45.2 Å². The van der Waals surface area contributed by atoms with Crippen molar-refractivity contribution in [1.29, 1.82) is 10.5 Å².